The van der Waals surface area contributed by atoms with Gasteiger partial charge in [-0.05, 0) is 43.2 Å². The molecule has 1 heterocycles. The SMILES string of the molecule is CCOc1ccc(C(=O)NCC(=O)Nc2nc(-c3ccc(CC)cc3)cs2)cc1. The molecule has 6 nitrogen and oxygen atoms in total. The standard InChI is InChI=1S/C22H23N3O3S/c1-3-15-5-7-16(8-6-15)19-14-29-22(24-19)25-20(26)13-23-21(27)17-9-11-18(12-10-17)28-4-2/h5-12,14H,3-4,13H2,1-2H3,(H,23,27)(H,24,25,26). The van der Waals surface area contributed by atoms with Crippen LogP contribution in [0, 0.1) is 0 Å². The van der Waals surface area contributed by atoms with E-state index in [1.807, 2.05) is 24.4 Å². The number of aryl methyl sites for hydroxylation is 1. The van der Waals surface area contributed by atoms with Gasteiger partial charge in [-0.15, -0.1) is 11.3 Å². The van der Waals surface area contributed by atoms with Gasteiger partial charge in [0.15, 0.2) is 5.13 Å². The zero-order valence-electron chi connectivity index (χ0n) is 16.4. The second-order valence-corrected chi connectivity index (χ2v) is 7.13. The number of benzene rings is 2. The fraction of sp³-hybridized carbons (Fsp3) is 0.227. The lowest BCUT2D eigenvalue weighted by atomic mass is 10.1. The molecule has 0 saturated carbocycles. The number of aromatic nitrogens is 1. The summed E-state index contributed by atoms with van der Waals surface area (Å²) in [6.07, 6.45) is 0.987. The van der Waals surface area contributed by atoms with Crippen LogP contribution in [-0.4, -0.2) is 29.9 Å². The lowest BCUT2D eigenvalue weighted by Crippen LogP contribution is -2.32. The molecule has 0 fully saturated rings. The van der Waals surface area contributed by atoms with Crippen molar-refractivity contribution in [2.24, 2.45) is 0 Å². The molecule has 150 valence electrons. The number of hydrogen-bond donors (Lipinski definition) is 2. The number of carbonyl (C=O) groups excluding carboxylic acids is 2. The molecule has 2 amide bonds. The second kappa shape index (κ2) is 9.84. The van der Waals surface area contributed by atoms with Crippen molar-refractivity contribution in [2.45, 2.75) is 20.3 Å². The number of nitrogens with one attached hydrogen (secondary N) is 2. The molecule has 1 aromatic heterocycles. The Balaban J connectivity index is 1.51. The summed E-state index contributed by atoms with van der Waals surface area (Å²) < 4.78 is 5.35. The van der Waals surface area contributed by atoms with Gasteiger partial charge in [0.05, 0.1) is 18.8 Å². The van der Waals surface area contributed by atoms with Crippen molar-refractivity contribution in [2.75, 3.05) is 18.5 Å². The first-order valence-corrected chi connectivity index (χ1v) is 10.3. The number of nitrogens with zero attached hydrogens (tertiary/aromatic N) is 1. The van der Waals surface area contributed by atoms with Gasteiger partial charge >= 0.3 is 0 Å². The van der Waals surface area contributed by atoms with Crippen LogP contribution in [0.1, 0.15) is 29.8 Å². The van der Waals surface area contributed by atoms with E-state index in [0.29, 0.717) is 23.1 Å². The van der Waals surface area contributed by atoms with Crippen LogP contribution >= 0.6 is 11.3 Å². The number of thiazole rings is 1. The highest BCUT2D eigenvalue weighted by atomic mass is 32.1. The first-order chi connectivity index (χ1) is 14.1. The lowest BCUT2D eigenvalue weighted by molar-refractivity contribution is -0.115. The molecular weight excluding hydrogens is 386 g/mol. The van der Waals surface area contributed by atoms with Crippen molar-refractivity contribution in [3.05, 3.63) is 65.0 Å². The summed E-state index contributed by atoms with van der Waals surface area (Å²) in [5.41, 5.74) is 3.54. The lowest BCUT2D eigenvalue weighted by Gasteiger charge is -2.06. The average molecular weight is 410 g/mol. The smallest absolute Gasteiger partial charge is 0.251 e. The Hall–Kier alpha value is -3.19. The fourth-order valence-electron chi connectivity index (χ4n) is 2.67. The number of amides is 2. The minimum atomic E-state index is -0.327. The molecule has 0 spiro atoms. The number of ether oxygens (including phenoxy) is 1. The molecule has 0 bridgehead atoms. The fourth-order valence-corrected chi connectivity index (χ4v) is 3.41. The highest BCUT2D eigenvalue weighted by Crippen LogP contribution is 2.25. The predicted octanol–water partition coefficient (Wildman–Crippen LogP) is 4.14. The third-order valence-electron chi connectivity index (χ3n) is 4.25. The molecule has 0 atom stereocenters. The van der Waals surface area contributed by atoms with Gasteiger partial charge in [0, 0.05) is 16.5 Å². The Morgan fingerprint density at radius 2 is 1.76 bits per heavy atom. The zero-order chi connectivity index (χ0) is 20.6. The van der Waals surface area contributed by atoms with Crippen LogP contribution in [0.25, 0.3) is 11.3 Å². The van der Waals surface area contributed by atoms with E-state index < -0.39 is 0 Å². The van der Waals surface area contributed by atoms with Gasteiger partial charge in [-0.25, -0.2) is 4.98 Å². The Bertz CT molecular complexity index is 966. The summed E-state index contributed by atoms with van der Waals surface area (Å²) in [6.45, 7) is 4.44. The van der Waals surface area contributed by atoms with E-state index in [9.17, 15) is 9.59 Å². The van der Waals surface area contributed by atoms with E-state index in [-0.39, 0.29) is 18.4 Å². The Morgan fingerprint density at radius 3 is 2.41 bits per heavy atom. The zero-order valence-corrected chi connectivity index (χ0v) is 17.2. The maximum atomic E-state index is 12.2. The van der Waals surface area contributed by atoms with Crippen molar-refractivity contribution >= 4 is 28.3 Å². The largest absolute Gasteiger partial charge is 0.494 e. The summed E-state index contributed by atoms with van der Waals surface area (Å²) in [6, 6.07) is 15.0. The number of anilines is 1. The van der Waals surface area contributed by atoms with E-state index in [2.05, 4.69) is 34.7 Å². The highest BCUT2D eigenvalue weighted by molar-refractivity contribution is 7.14. The summed E-state index contributed by atoms with van der Waals surface area (Å²) in [5, 5.41) is 7.73. The number of carbonyl (C=O) groups is 2. The number of hydrogen-bond acceptors (Lipinski definition) is 5. The minimum absolute atomic E-state index is 0.133. The Labute approximate surface area is 173 Å². The minimum Gasteiger partial charge on any atom is -0.494 e. The van der Waals surface area contributed by atoms with Gasteiger partial charge in [0.1, 0.15) is 5.75 Å². The molecule has 0 aliphatic heterocycles. The Morgan fingerprint density at radius 1 is 1.03 bits per heavy atom. The molecule has 2 N–H and O–H groups in total. The van der Waals surface area contributed by atoms with Crippen LogP contribution in [0.15, 0.2) is 53.9 Å². The predicted molar refractivity (Wildman–Crippen MR) is 116 cm³/mol. The second-order valence-electron chi connectivity index (χ2n) is 6.28. The van der Waals surface area contributed by atoms with Gasteiger partial charge in [-0.1, -0.05) is 31.2 Å². The van der Waals surface area contributed by atoms with Crippen molar-refractivity contribution in [3.63, 3.8) is 0 Å². The molecule has 0 radical (unpaired) electrons. The summed E-state index contributed by atoms with van der Waals surface area (Å²) in [7, 11) is 0. The molecule has 2 aromatic carbocycles. The van der Waals surface area contributed by atoms with Crippen LogP contribution in [0.5, 0.6) is 5.75 Å². The van der Waals surface area contributed by atoms with Crippen molar-refractivity contribution in [1.29, 1.82) is 0 Å². The summed E-state index contributed by atoms with van der Waals surface area (Å²) >= 11 is 1.35. The normalized spacial score (nSPS) is 10.4. The van der Waals surface area contributed by atoms with Gasteiger partial charge in [0.2, 0.25) is 5.91 Å². The van der Waals surface area contributed by atoms with Crippen LogP contribution < -0.4 is 15.4 Å². The maximum absolute atomic E-state index is 12.2. The molecule has 0 aliphatic rings. The van der Waals surface area contributed by atoms with Crippen molar-refractivity contribution in [3.8, 4) is 17.0 Å². The molecule has 29 heavy (non-hydrogen) atoms. The molecule has 7 heteroatoms. The van der Waals surface area contributed by atoms with E-state index in [4.69, 9.17) is 4.74 Å². The monoisotopic (exact) mass is 409 g/mol. The summed E-state index contributed by atoms with van der Waals surface area (Å²) in [4.78, 5) is 28.8. The van der Waals surface area contributed by atoms with Crippen LogP contribution in [0.2, 0.25) is 0 Å². The van der Waals surface area contributed by atoms with Gasteiger partial charge in [-0.2, -0.15) is 0 Å². The van der Waals surface area contributed by atoms with Crippen LogP contribution in [0.3, 0.4) is 0 Å². The molecule has 3 aromatic rings. The number of rotatable bonds is 8. The molecular formula is C22H23N3O3S. The van der Waals surface area contributed by atoms with Crippen LogP contribution in [-0.2, 0) is 11.2 Å². The summed E-state index contributed by atoms with van der Waals surface area (Å²) in [5.74, 6) is 0.0521. The van der Waals surface area contributed by atoms with E-state index >= 15 is 0 Å². The van der Waals surface area contributed by atoms with Gasteiger partial charge in [-0.3, -0.25) is 9.59 Å². The highest BCUT2D eigenvalue weighted by Gasteiger charge is 2.11. The molecule has 0 saturated heterocycles. The van der Waals surface area contributed by atoms with Crippen LogP contribution in [0.4, 0.5) is 5.13 Å². The maximum Gasteiger partial charge on any atom is 0.251 e. The van der Waals surface area contributed by atoms with E-state index in [1.54, 1.807) is 24.3 Å². The van der Waals surface area contributed by atoms with E-state index in [1.165, 1.54) is 16.9 Å². The Kier molecular flexibility index (Phi) is 6.97. The topological polar surface area (TPSA) is 80.3 Å². The third-order valence-corrected chi connectivity index (χ3v) is 5.00. The van der Waals surface area contributed by atoms with E-state index in [0.717, 1.165) is 17.7 Å². The molecule has 0 aliphatic carbocycles. The first kappa shape index (κ1) is 20.5. The average Bonchev–Trinajstić information content (AvgIpc) is 3.21. The van der Waals surface area contributed by atoms with Gasteiger partial charge < -0.3 is 15.4 Å². The molecule has 0 unspecified atom stereocenters. The van der Waals surface area contributed by atoms with Crippen molar-refractivity contribution < 1.29 is 14.3 Å². The third kappa shape index (κ3) is 5.65. The first-order valence-electron chi connectivity index (χ1n) is 9.44. The molecule has 3 rings (SSSR count). The van der Waals surface area contributed by atoms with Crippen molar-refractivity contribution in [1.82, 2.24) is 10.3 Å². The van der Waals surface area contributed by atoms with Gasteiger partial charge in [0.25, 0.3) is 5.91 Å². The quantitative estimate of drug-likeness (QED) is 0.586.